The van der Waals surface area contributed by atoms with Crippen LogP contribution in [-0.4, -0.2) is 20.4 Å². The number of furan rings is 1. The highest BCUT2D eigenvalue weighted by Crippen LogP contribution is 2.17. The number of rotatable bonds is 7. The summed E-state index contributed by atoms with van der Waals surface area (Å²) in [6.07, 6.45) is 4.28. The van der Waals surface area contributed by atoms with Crippen molar-refractivity contribution in [1.82, 2.24) is 19.9 Å². The molecule has 0 fully saturated rings. The van der Waals surface area contributed by atoms with Gasteiger partial charge < -0.3 is 14.3 Å². The van der Waals surface area contributed by atoms with Gasteiger partial charge >= 0.3 is 0 Å². The van der Waals surface area contributed by atoms with E-state index in [9.17, 15) is 4.79 Å². The SMILES string of the molecule is O=C(CCc1nc2cccnc2n1Cc1ccccc1)NCc1ccco1. The Balaban J connectivity index is 1.49. The molecular formula is C21H20N4O2. The van der Waals surface area contributed by atoms with Gasteiger partial charge in [0.05, 0.1) is 19.4 Å². The average Bonchev–Trinajstić information content (AvgIpc) is 3.34. The summed E-state index contributed by atoms with van der Waals surface area (Å²) in [6.45, 7) is 1.07. The molecule has 0 radical (unpaired) electrons. The van der Waals surface area contributed by atoms with Crippen LogP contribution in [0.15, 0.2) is 71.5 Å². The number of carbonyl (C=O) groups is 1. The Bertz CT molecular complexity index is 1020. The van der Waals surface area contributed by atoms with E-state index >= 15 is 0 Å². The smallest absolute Gasteiger partial charge is 0.220 e. The highest BCUT2D eigenvalue weighted by molar-refractivity contribution is 5.76. The van der Waals surface area contributed by atoms with Crippen LogP contribution in [0.4, 0.5) is 0 Å². The maximum absolute atomic E-state index is 12.2. The average molecular weight is 360 g/mol. The molecule has 0 saturated carbocycles. The molecule has 1 amide bonds. The van der Waals surface area contributed by atoms with Crippen LogP contribution >= 0.6 is 0 Å². The highest BCUT2D eigenvalue weighted by Gasteiger charge is 2.13. The first-order valence-electron chi connectivity index (χ1n) is 8.93. The summed E-state index contributed by atoms with van der Waals surface area (Å²) in [6, 6.07) is 17.7. The molecule has 1 N–H and O–H groups in total. The van der Waals surface area contributed by atoms with Crippen LogP contribution in [0.5, 0.6) is 0 Å². The fraction of sp³-hybridized carbons (Fsp3) is 0.190. The largest absolute Gasteiger partial charge is 0.467 e. The van der Waals surface area contributed by atoms with Gasteiger partial charge in [-0.05, 0) is 29.8 Å². The molecular weight excluding hydrogens is 340 g/mol. The zero-order valence-corrected chi connectivity index (χ0v) is 14.8. The van der Waals surface area contributed by atoms with E-state index in [2.05, 4.69) is 27.0 Å². The van der Waals surface area contributed by atoms with Crippen molar-refractivity contribution in [3.05, 3.63) is 84.2 Å². The molecule has 3 heterocycles. The Morgan fingerprint density at radius 1 is 1.07 bits per heavy atom. The van der Waals surface area contributed by atoms with E-state index in [1.807, 2.05) is 36.4 Å². The number of pyridine rings is 1. The lowest BCUT2D eigenvalue weighted by atomic mass is 10.2. The summed E-state index contributed by atoms with van der Waals surface area (Å²) >= 11 is 0. The second-order valence-electron chi connectivity index (χ2n) is 6.30. The number of carbonyl (C=O) groups excluding carboxylic acids is 1. The summed E-state index contributed by atoms with van der Waals surface area (Å²) in [4.78, 5) is 21.4. The molecule has 136 valence electrons. The number of nitrogens with one attached hydrogen (secondary N) is 1. The van der Waals surface area contributed by atoms with Crippen molar-refractivity contribution >= 4 is 17.1 Å². The molecule has 4 aromatic rings. The lowest BCUT2D eigenvalue weighted by molar-refractivity contribution is -0.121. The summed E-state index contributed by atoms with van der Waals surface area (Å²) in [5.74, 6) is 1.57. The minimum Gasteiger partial charge on any atom is -0.467 e. The van der Waals surface area contributed by atoms with Crippen LogP contribution in [0.25, 0.3) is 11.2 Å². The lowest BCUT2D eigenvalue weighted by Gasteiger charge is -2.09. The molecule has 6 heteroatoms. The van der Waals surface area contributed by atoms with Crippen LogP contribution in [0.3, 0.4) is 0 Å². The second-order valence-corrected chi connectivity index (χ2v) is 6.30. The van der Waals surface area contributed by atoms with Crippen molar-refractivity contribution in [2.75, 3.05) is 0 Å². The van der Waals surface area contributed by atoms with Crippen LogP contribution < -0.4 is 5.32 Å². The second kappa shape index (κ2) is 7.86. The Morgan fingerprint density at radius 3 is 2.78 bits per heavy atom. The van der Waals surface area contributed by atoms with Crippen molar-refractivity contribution in [3.63, 3.8) is 0 Å². The predicted octanol–water partition coefficient (Wildman–Crippen LogP) is 3.32. The van der Waals surface area contributed by atoms with Crippen molar-refractivity contribution in [3.8, 4) is 0 Å². The Hall–Kier alpha value is -3.41. The number of imidazole rings is 1. The van der Waals surface area contributed by atoms with E-state index < -0.39 is 0 Å². The number of aryl methyl sites for hydroxylation is 1. The summed E-state index contributed by atoms with van der Waals surface area (Å²) in [7, 11) is 0. The van der Waals surface area contributed by atoms with E-state index in [0.29, 0.717) is 25.9 Å². The van der Waals surface area contributed by atoms with Gasteiger partial charge in [0, 0.05) is 19.0 Å². The Labute approximate surface area is 156 Å². The van der Waals surface area contributed by atoms with Gasteiger partial charge in [0.25, 0.3) is 0 Å². The van der Waals surface area contributed by atoms with Crippen LogP contribution in [0.2, 0.25) is 0 Å². The topological polar surface area (TPSA) is 73.0 Å². The number of aromatic nitrogens is 3. The summed E-state index contributed by atoms with van der Waals surface area (Å²) < 4.78 is 7.32. The van der Waals surface area contributed by atoms with Crippen LogP contribution in [-0.2, 0) is 24.3 Å². The molecule has 0 aliphatic rings. The summed E-state index contributed by atoms with van der Waals surface area (Å²) in [5.41, 5.74) is 2.86. The first kappa shape index (κ1) is 17.0. The molecule has 0 bridgehead atoms. The van der Waals surface area contributed by atoms with Gasteiger partial charge in [0.15, 0.2) is 5.65 Å². The third-order valence-corrected chi connectivity index (χ3v) is 4.38. The third kappa shape index (κ3) is 4.06. The minimum atomic E-state index is -0.0299. The first-order chi connectivity index (χ1) is 13.3. The highest BCUT2D eigenvalue weighted by atomic mass is 16.3. The van der Waals surface area contributed by atoms with E-state index in [1.54, 1.807) is 18.5 Å². The Kier molecular flexibility index (Phi) is 4.96. The number of hydrogen-bond acceptors (Lipinski definition) is 4. The van der Waals surface area contributed by atoms with E-state index in [0.717, 1.165) is 22.7 Å². The summed E-state index contributed by atoms with van der Waals surface area (Å²) in [5, 5.41) is 2.87. The Morgan fingerprint density at radius 2 is 1.96 bits per heavy atom. The fourth-order valence-corrected chi connectivity index (χ4v) is 3.04. The molecule has 0 saturated heterocycles. The minimum absolute atomic E-state index is 0.0299. The monoisotopic (exact) mass is 360 g/mol. The maximum atomic E-state index is 12.2. The molecule has 0 atom stereocenters. The molecule has 0 spiro atoms. The van der Waals surface area contributed by atoms with Gasteiger partial charge in [-0.1, -0.05) is 30.3 Å². The predicted molar refractivity (Wildman–Crippen MR) is 102 cm³/mol. The maximum Gasteiger partial charge on any atom is 0.220 e. The van der Waals surface area contributed by atoms with Crippen molar-refractivity contribution in [1.29, 1.82) is 0 Å². The number of hydrogen-bond donors (Lipinski definition) is 1. The third-order valence-electron chi connectivity index (χ3n) is 4.38. The number of fused-ring (bicyclic) bond motifs is 1. The molecule has 0 aliphatic heterocycles. The van der Waals surface area contributed by atoms with Gasteiger partial charge in [0.2, 0.25) is 5.91 Å². The van der Waals surface area contributed by atoms with Gasteiger partial charge in [-0.2, -0.15) is 0 Å². The quantitative estimate of drug-likeness (QED) is 0.549. The van der Waals surface area contributed by atoms with Gasteiger partial charge in [-0.3, -0.25) is 4.79 Å². The molecule has 4 rings (SSSR count). The first-order valence-corrected chi connectivity index (χ1v) is 8.93. The van der Waals surface area contributed by atoms with Crippen LogP contribution in [0, 0.1) is 0 Å². The number of amides is 1. The number of benzene rings is 1. The van der Waals surface area contributed by atoms with Gasteiger partial charge in [0.1, 0.15) is 17.1 Å². The normalized spacial score (nSPS) is 11.0. The fourth-order valence-electron chi connectivity index (χ4n) is 3.04. The number of nitrogens with zero attached hydrogens (tertiary/aromatic N) is 3. The molecule has 0 aliphatic carbocycles. The zero-order valence-electron chi connectivity index (χ0n) is 14.8. The van der Waals surface area contributed by atoms with Crippen molar-refractivity contribution < 1.29 is 9.21 Å². The molecule has 0 unspecified atom stereocenters. The molecule has 3 aromatic heterocycles. The van der Waals surface area contributed by atoms with E-state index in [4.69, 9.17) is 9.40 Å². The van der Waals surface area contributed by atoms with Crippen LogP contribution in [0.1, 0.15) is 23.6 Å². The van der Waals surface area contributed by atoms with E-state index in [1.165, 1.54) is 5.56 Å². The molecule has 1 aromatic carbocycles. The van der Waals surface area contributed by atoms with E-state index in [-0.39, 0.29) is 5.91 Å². The molecule has 27 heavy (non-hydrogen) atoms. The standard InChI is InChI=1S/C21H20N4O2/c26-20(23-14-17-8-5-13-27-17)11-10-19-24-18-9-4-12-22-21(18)25(19)15-16-6-2-1-3-7-16/h1-9,12-13H,10-11,14-15H2,(H,23,26). The lowest BCUT2D eigenvalue weighted by Crippen LogP contribution is -2.23. The van der Waals surface area contributed by atoms with Gasteiger partial charge in [-0.25, -0.2) is 9.97 Å². The van der Waals surface area contributed by atoms with Crippen molar-refractivity contribution in [2.24, 2.45) is 0 Å². The van der Waals surface area contributed by atoms with Crippen molar-refractivity contribution in [2.45, 2.75) is 25.9 Å². The van der Waals surface area contributed by atoms with Gasteiger partial charge in [-0.15, -0.1) is 0 Å². The molecule has 6 nitrogen and oxygen atoms in total. The zero-order chi connectivity index (χ0) is 18.5.